The molecule has 1 saturated heterocycles. The number of carbonyl (C=O) groups is 2. The van der Waals surface area contributed by atoms with Crippen LogP contribution in [0.15, 0.2) is 24.3 Å². The van der Waals surface area contributed by atoms with Crippen molar-refractivity contribution in [3.63, 3.8) is 0 Å². The largest absolute Gasteiger partial charge is 0.444 e. The first-order valence-corrected chi connectivity index (χ1v) is 8.72. The van der Waals surface area contributed by atoms with Crippen LogP contribution in [-0.4, -0.2) is 44.5 Å². The molecule has 1 aliphatic heterocycles. The average Bonchev–Trinajstić information content (AvgIpc) is 3.11. The Bertz CT molecular complexity index is 804. The van der Waals surface area contributed by atoms with E-state index in [1.165, 1.54) is 6.92 Å². The van der Waals surface area contributed by atoms with Crippen molar-refractivity contribution in [2.75, 3.05) is 6.54 Å². The number of benzene rings is 1. The van der Waals surface area contributed by atoms with Crippen molar-refractivity contribution in [1.29, 1.82) is 0 Å². The zero-order valence-electron chi connectivity index (χ0n) is 15.3. The molecule has 1 aliphatic rings. The number of ketones is 1. The number of Topliss-reactive ketones (excluding diaryl/α,β-unsaturated/α-hetero) is 1. The van der Waals surface area contributed by atoms with Crippen molar-refractivity contribution in [3.8, 4) is 0 Å². The summed E-state index contributed by atoms with van der Waals surface area (Å²) in [5.41, 5.74) is 1.20. The number of aromatic nitrogens is 2. The number of para-hydroxylation sites is 2. The van der Waals surface area contributed by atoms with Gasteiger partial charge in [0.05, 0.1) is 17.1 Å². The molecule has 0 aliphatic carbocycles. The number of nitrogens with zero attached hydrogens (tertiary/aromatic N) is 3. The molecule has 6 heteroatoms. The topological polar surface area (TPSA) is 64.4 Å². The van der Waals surface area contributed by atoms with E-state index < -0.39 is 5.60 Å². The van der Waals surface area contributed by atoms with E-state index in [1.807, 2.05) is 49.6 Å². The van der Waals surface area contributed by atoms with Crippen LogP contribution in [-0.2, 0) is 11.3 Å². The Kier molecular flexibility index (Phi) is 4.54. The molecule has 0 unspecified atom stereocenters. The van der Waals surface area contributed by atoms with Crippen LogP contribution in [0.4, 0.5) is 4.79 Å². The maximum absolute atomic E-state index is 12.5. The standard InChI is InChI=1S/C19H25N3O3/c1-13(23)17-20-15-9-5-6-10-16(15)22(17)12-14-8-7-11-21(14)18(24)25-19(2,3)4/h5-6,9-10,14H,7-8,11-12H2,1-4H3/t14-/m0/s1. The van der Waals surface area contributed by atoms with Gasteiger partial charge in [0.25, 0.3) is 0 Å². The normalized spacial score (nSPS) is 17.9. The summed E-state index contributed by atoms with van der Waals surface area (Å²) in [5.74, 6) is 0.371. The summed E-state index contributed by atoms with van der Waals surface area (Å²) in [4.78, 5) is 30.8. The third-order valence-corrected chi connectivity index (χ3v) is 4.37. The lowest BCUT2D eigenvalue weighted by molar-refractivity contribution is 0.0214. The fourth-order valence-corrected chi connectivity index (χ4v) is 3.33. The van der Waals surface area contributed by atoms with Gasteiger partial charge in [-0.1, -0.05) is 12.1 Å². The lowest BCUT2D eigenvalue weighted by atomic mass is 10.2. The Balaban J connectivity index is 1.88. The fourth-order valence-electron chi connectivity index (χ4n) is 3.33. The van der Waals surface area contributed by atoms with Gasteiger partial charge in [-0.05, 0) is 45.7 Å². The van der Waals surface area contributed by atoms with Crippen LogP contribution in [0.5, 0.6) is 0 Å². The van der Waals surface area contributed by atoms with Gasteiger partial charge < -0.3 is 14.2 Å². The van der Waals surface area contributed by atoms with E-state index in [0.29, 0.717) is 18.9 Å². The van der Waals surface area contributed by atoms with E-state index in [-0.39, 0.29) is 17.9 Å². The minimum Gasteiger partial charge on any atom is -0.444 e. The first-order chi connectivity index (χ1) is 11.8. The summed E-state index contributed by atoms with van der Waals surface area (Å²) < 4.78 is 7.47. The number of likely N-dealkylation sites (tertiary alicyclic amines) is 1. The molecular formula is C19H25N3O3. The molecule has 0 N–H and O–H groups in total. The molecule has 3 rings (SSSR count). The van der Waals surface area contributed by atoms with E-state index in [2.05, 4.69) is 4.98 Å². The molecule has 0 bridgehead atoms. The minimum atomic E-state index is -0.517. The van der Waals surface area contributed by atoms with E-state index in [0.717, 1.165) is 23.9 Å². The fraction of sp³-hybridized carbons (Fsp3) is 0.526. The molecule has 0 saturated carbocycles. The predicted molar refractivity (Wildman–Crippen MR) is 95.7 cm³/mol. The number of hydrogen-bond donors (Lipinski definition) is 0. The van der Waals surface area contributed by atoms with Crippen molar-refractivity contribution in [3.05, 3.63) is 30.1 Å². The molecule has 25 heavy (non-hydrogen) atoms. The van der Waals surface area contributed by atoms with Gasteiger partial charge in [-0.3, -0.25) is 4.79 Å². The molecule has 0 spiro atoms. The number of ether oxygens (including phenoxy) is 1. The van der Waals surface area contributed by atoms with Gasteiger partial charge in [0.2, 0.25) is 0 Å². The molecule has 1 atom stereocenters. The SMILES string of the molecule is CC(=O)c1nc2ccccc2n1C[C@@H]1CCCN1C(=O)OC(C)(C)C. The lowest BCUT2D eigenvalue weighted by Gasteiger charge is -2.29. The molecule has 1 fully saturated rings. The van der Waals surface area contributed by atoms with Crippen LogP contribution in [0.3, 0.4) is 0 Å². The minimum absolute atomic E-state index is 0.00514. The van der Waals surface area contributed by atoms with E-state index >= 15 is 0 Å². The number of rotatable bonds is 3. The molecule has 1 aromatic heterocycles. The Morgan fingerprint density at radius 2 is 2.00 bits per heavy atom. The van der Waals surface area contributed by atoms with Crippen LogP contribution < -0.4 is 0 Å². The van der Waals surface area contributed by atoms with Gasteiger partial charge in [0.15, 0.2) is 11.6 Å². The Labute approximate surface area is 147 Å². The Morgan fingerprint density at radius 1 is 1.28 bits per heavy atom. The Morgan fingerprint density at radius 3 is 2.68 bits per heavy atom. The van der Waals surface area contributed by atoms with Crippen molar-refractivity contribution in [1.82, 2.24) is 14.5 Å². The van der Waals surface area contributed by atoms with Crippen molar-refractivity contribution >= 4 is 22.9 Å². The van der Waals surface area contributed by atoms with Gasteiger partial charge in [0.1, 0.15) is 5.60 Å². The van der Waals surface area contributed by atoms with Crippen LogP contribution in [0, 0.1) is 0 Å². The summed E-state index contributed by atoms with van der Waals surface area (Å²) in [6, 6.07) is 7.71. The third-order valence-electron chi connectivity index (χ3n) is 4.37. The summed E-state index contributed by atoms with van der Waals surface area (Å²) in [5, 5.41) is 0. The number of hydrogen-bond acceptors (Lipinski definition) is 4. The summed E-state index contributed by atoms with van der Waals surface area (Å²) in [6.07, 6.45) is 1.54. The quantitative estimate of drug-likeness (QED) is 0.798. The van der Waals surface area contributed by atoms with Gasteiger partial charge in [-0.15, -0.1) is 0 Å². The number of fused-ring (bicyclic) bond motifs is 1. The zero-order valence-corrected chi connectivity index (χ0v) is 15.3. The van der Waals surface area contributed by atoms with Gasteiger partial charge >= 0.3 is 6.09 Å². The number of imidazole rings is 1. The highest BCUT2D eigenvalue weighted by Crippen LogP contribution is 2.25. The van der Waals surface area contributed by atoms with Gasteiger partial charge in [0, 0.05) is 20.0 Å². The van der Waals surface area contributed by atoms with Crippen molar-refractivity contribution in [2.45, 2.75) is 58.7 Å². The monoisotopic (exact) mass is 343 g/mol. The molecule has 2 aromatic rings. The first-order valence-electron chi connectivity index (χ1n) is 8.72. The lowest BCUT2D eigenvalue weighted by Crippen LogP contribution is -2.41. The molecule has 2 heterocycles. The van der Waals surface area contributed by atoms with Crippen molar-refractivity contribution in [2.24, 2.45) is 0 Å². The maximum atomic E-state index is 12.5. The van der Waals surface area contributed by atoms with Gasteiger partial charge in [-0.2, -0.15) is 0 Å². The summed E-state index contributed by atoms with van der Waals surface area (Å²) >= 11 is 0. The highest BCUT2D eigenvalue weighted by atomic mass is 16.6. The molecule has 134 valence electrons. The average molecular weight is 343 g/mol. The molecule has 6 nitrogen and oxygen atoms in total. The second kappa shape index (κ2) is 6.50. The second-order valence-electron chi connectivity index (χ2n) is 7.56. The van der Waals surface area contributed by atoms with Crippen LogP contribution in [0.2, 0.25) is 0 Å². The zero-order chi connectivity index (χ0) is 18.2. The third kappa shape index (κ3) is 3.67. The van der Waals surface area contributed by atoms with Crippen molar-refractivity contribution < 1.29 is 14.3 Å². The molecule has 1 amide bonds. The maximum Gasteiger partial charge on any atom is 0.410 e. The Hall–Kier alpha value is -2.37. The molecule has 1 aromatic carbocycles. The summed E-state index contributed by atoms with van der Waals surface area (Å²) in [7, 11) is 0. The van der Waals surface area contributed by atoms with Crippen LogP contribution in [0.25, 0.3) is 11.0 Å². The van der Waals surface area contributed by atoms with Gasteiger partial charge in [-0.25, -0.2) is 9.78 Å². The van der Waals surface area contributed by atoms with E-state index in [1.54, 1.807) is 4.90 Å². The highest BCUT2D eigenvalue weighted by Gasteiger charge is 2.33. The second-order valence-corrected chi connectivity index (χ2v) is 7.56. The number of carbonyl (C=O) groups excluding carboxylic acids is 2. The first kappa shape index (κ1) is 17.5. The number of amides is 1. The predicted octanol–water partition coefficient (Wildman–Crippen LogP) is 3.64. The van der Waals surface area contributed by atoms with Crippen LogP contribution >= 0.6 is 0 Å². The molecule has 0 radical (unpaired) electrons. The van der Waals surface area contributed by atoms with Crippen LogP contribution in [0.1, 0.15) is 51.2 Å². The summed E-state index contributed by atoms with van der Waals surface area (Å²) in [6.45, 7) is 8.36. The molecular weight excluding hydrogens is 318 g/mol. The van der Waals surface area contributed by atoms with E-state index in [9.17, 15) is 9.59 Å². The highest BCUT2D eigenvalue weighted by molar-refractivity contribution is 5.94. The van der Waals surface area contributed by atoms with E-state index in [4.69, 9.17) is 4.74 Å². The smallest absolute Gasteiger partial charge is 0.410 e.